The van der Waals surface area contributed by atoms with Crippen LogP contribution in [0.2, 0.25) is 10.0 Å². The van der Waals surface area contributed by atoms with Crippen molar-refractivity contribution in [3.63, 3.8) is 0 Å². The lowest BCUT2D eigenvalue weighted by Crippen LogP contribution is -2.20. The molecule has 0 aliphatic heterocycles. The van der Waals surface area contributed by atoms with E-state index in [0.717, 1.165) is 5.56 Å². The van der Waals surface area contributed by atoms with Gasteiger partial charge in [-0.3, -0.25) is 9.36 Å². The van der Waals surface area contributed by atoms with Crippen molar-refractivity contribution in [2.75, 3.05) is 25.3 Å². The molecule has 2 aromatic carbocycles. The zero-order valence-electron chi connectivity index (χ0n) is 20.7. The first-order valence-electron chi connectivity index (χ1n) is 11.1. The standard InChI is InChI=1S/C24H21Cl2N9O3/c1-34-21-12(7-13(23(34)36)18-19(25)16(37-3)9-17(38-4)20(18)26)10-28-24(30-21)29-15-6-5-11(8-14(15)27)22-31-32-33-35(22)2/h5-10H,27H2,1-4H3,(H,28,29,30). The predicted molar refractivity (Wildman–Crippen MR) is 145 cm³/mol. The Bertz CT molecular complexity index is 1740. The number of fused-ring (bicyclic) bond motifs is 1. The molecule has 0 unspecified atom stereocenters. The third-order valence-corrected chi connectivity index (χ3v) is 6.72. The number of hydrogen-bond acceptors (Lipinski definition) is 10. The van der Waals surface area contributed by atoms with E-state index in [0.29, 0.717) is 45.3 Å². The maximum atomic E-state index is 13.4. The third-order valence-electron chi connectivity index (χ3n) is 5.97. The van der Waals surface area contributed by atoms with Gasteiger partial charge in [-0.15, -0.1) is 5.10 Å². The molecule has 0 radical (unpaired) electrons. The van der Waals surface area contributed by atoms with Crippen LogP contribution in [0.5, 0.6) is 11.5 Å². The second kappa shape index (κ2) is 9.80. The van der Waals surface area contributed by atoms with Crippen LogP contribution in [0.15, 0.2) is 41.3 Å². The number of nitrogens with one attached hydrogen (secondary N) is 1. The molecule has 0 bridgehead atoms. The van der Waals surface area contributed by atoms with Crippen LogP contribution in [0, 0.1) is 0 Å². The second-order valence-electron chi connectivity index (χ2n) is 8.23. The van der Waals surface area contributed by atoms with Crippen molar-refractivity contribution in [1.82, 2.24) is 34.7 Å². The first-order valence-corrected chi connectivity index (χ1v) is 11.9. The van der Waals surface area contributed by atoms with Gasteiger partial charge >= 0.3 is 0 Å². The summed E-state index contributed by atoms with van der Waals surface area (Å²) >= 11 is 13.1. The lowest BCUT2D eigenvalue weighted by atomic mass is 10.0. The molecule has 0 aliphatic carbocycles. The molecule has 0 aliphatic rings. The summed E-state index contributed by atoms with van der Waals surface area (Å²) in [4.78, 5) is 22.4. The summed E-state index contributed by atoms with van der Waals surface area (Å²) in [5, 5.41) is 15.5. The summed E-state index contributed by atoms with van der Waals surface area (Å²) in [6, 6.07) is 8.53. The van der Waals surface area contributed by atoms with Gasteiger partial charge in [0.15, 0.2) is 5.82 Å². The molecule has 5 aromatic rings. The van der Waals surface area contributed by atoms with Crippen molar-refractivity contribution in [2.24, 2.45) is 14.1 Å². The Labute approximate surface area is 225 Å². The molecule has 194 valence electrons. The summed E-state index contributed by atoms with van der Waals surface area (Å²) in [7, 11) is 6.27. The van der Waals surface area contributed by atoms with Gasteiger partial charge in [-0.1, -0.05) is 23.2 Å². The Hall–Kier alpha value is -4.42. The first-order chi connectivity index (χ1) is 18.2. The zero-order chi connectivity index (χ0) is 27.1. The zero-order valence-corrected chi connectivity index (χ0v) is 22.2. The molecule has 0 saturated heterocycles. The molecule has 0 spiro atoms. The molecule has 12 nitrogen and oxygen atoms in total. The monoisotopic (exact) mass is 553 g/mol. The molecular weight excluding hydrogens is 533 g/mol. The van der Waals surface area contributed by atoms with Crippen LogP contribution in [-0.4, -0.2) is 49.0 Å². The molecule has 5 rings (SSSR count). The van der Waals surface area contributed by atoms with Crippen molar-refractivity contribution in [3.8, 4) is 34.0 Å². The number of methoxy groups -OCH3 is 2. The molecule has 3 heterocycles. The number of nitrogens with zero attached hydrogens (tertiary/aromatic N) is 7. The van der Waals surface area contributed by atoms with E-state index >= 15 is 0 Å². The minimum atomic E-state index is -0.373. The quantitative estimate of drug-likeness (QED) is 0.297. The van der Waals surface area contributed by atoms with Crippen LogP contribution in [0.1, 0.15) is 0 Å². The third kappa shape index (κ3) is 4.23. The number of halogens is 2. The number of anilines is 3. The largest absolute Gasteiger partial charge is 0.495 e. The Morgan fingerprint density at radius 3 is 2.34 bits per heavy atom. The molecule has 3 aromatic heterocycles. The summed E-state index contributed by atoms with van der Waals surface area (Å²) in [5.74, 6) is 1.46. The van der Waals surface area contributed by atoms with Crippen LogP contribution in [0.4, 0.5) is 17.3 Å². The summed E-state index contributed by atoms with van der Waals surface area (Å²) in [5.41, 5.74) is 8.57. The number of ether oxygens (including phenoxy) is 2. The summed E-state index contributed by atoms with van der Waals surface area (Å²) in [6.07, 6.45) is 1.59. The highest BCUT2D eigenvalue weighted by Gasteiger charge is 2.22. The number of hydrogen-bond donors (Lipinski definition) is 2. The van der Waals surface area contributed by atoms with E-state index in [1.807, 2.05) is 6.07 Å². The van der Waals surface area contributed by atoms with Gasteiger partial charge in [-0.05, 0) is 34.7 Å². The minimum absolute atomic E-state index is 0.185. The number of benzene rings is 2. The fraction of sp³-hybridized carbons (Fsp3) is 0.167. The van der Waals surface area contributed by atoms with Crippen molar-refractivity contribution in [1.29, 1.82) is 0 Å². The lowest BCUT2D eigenvalue weighted by molar-refractivity contribution is 0.395. The van der Waals surface area contributed by atoms with E-state index in [1.165, 1.54) is 18.8 Å². The molecule has 0 saturated carbocycles. The van der Waals surface area contributed by atoms with Gasteiger partial charge < -0.3 is 20.5 Å². The van der Waals surface area contributed by atoms with E-state index < -0.39 is 0 Å². The molecule has 3 N–H and O–H groups in total. The number of nitrogen functional groups attached to an aromatic ring is 1. The average molecular weight is 554 g/mol. The van der Waals surface area contributed by atoms with Gasteiger partial charge in [0.1, 0.15) is 17.1 Å². The van der Waals surface area contributed by atoms with E-state index in [4.69, 9.17) is 38.4 Å². The Balaban J connectivity index is 1.55. The minimum Gasteiger partial charge on any atom is -0.495 e. The molecule has 0 atom stereocenters. The normalized spacial score (nSPS) is 11.1. The Morgan fingerprint density at radius 1 is 1.03 bits per heavy atom. The van der Waals surface area contributed by atoms with Crippen LogP contribution in [0.25, 0.3) is 33.5 Å². The van der Waals surface area contributed by atoms with Crippen molar-refractivity contribution < 1.29 is 9.47 Å². The van der Waals surface area contributed by atoms with Crippen LogP contribution in [-0.2, 0) is 14.1 Å². The Morgan fingerprint density at radius 2 is 1.74 bits per heavy atom. The number of aryl methyl sites for hydroxylation is 2. The smallest absolute Gasteiger partial charge is 0.259 e. The van der Waals surface area contributed by atoms with E-state index in [1.54, 1.807) is 49.2 Å². The number of nitrogens with two attached hydrogens (primary N) is 1. The van der Waals surface area contributed by atoms with Gasteiger partial charge in [0.25, 0.3) is 5.56 Å². The van der Waals surface area contributed by atoms with E-state index in [2.05, 4.69) is 30.8 Å². The summed E-state index contributed by atoms with van der Waals surface area (Å²) in [6.45, 7) is 0. The number of aromatic nitrogens is 7. The lowest BCUT2D eigenvalue weighted by Gasteiger charge is -2.16. The predicted octanol–water partition coefficient (Wildman–Crippen LogP) is 3.84. The maximum absolute atomic E-state index is 13.4. The average Bonchev–Trinajstić information content (AvgIpc) is 3.34. The highest BCUT2D eigenvalue weighted by Crippen LogP contribution is 2.45. The maximum Gasteiger partial charge on any atom is 0.259 e. The molecule has 14 heteroatoms. The van der Waals surface area contributed by atoms with Crippen molar-refractivity contribution in [2.45, 2.75) is 0 Å². The van der Waals surface area contributed by atoms with Crippen LogP contribution in [0.3, 0.4) is 0 Å². The van der Waals surface area contributed by atoms with Gasteiger partial charge in [-0.25, -0.2) is 9.67 Å². The number of pyridine rings is 1. The van der Waals surface area contributed by atoms with Gasteiger partial charge in [0.2, 0.25) is 5.95 Å². The first kappa shape index (κ1) is 25.2. The van der Waals surface area contributed by atoms with Gasteiger partial charge in [0.05, 0.1) is 41.2 Å². The molecule has 0 fully saturated rings. The van der Waals surface area contributed by atoms with Crippen molar-refractivity contribution in [3.05, 3.63) is 56.9 Å². The van der Waals surface area contributed by atoms with Gasteiger partial charge in [0, 0.05) is 42.9 Å². The second-order valence-corrected chi connectivity index (χ2v) is 8.99. The topological polar surface area (TPSA) is 148 Å². The van der Waals surface area contributed by atoms with Gasteiger partial charge in [-0.2, -0.15) is 4.98 Å². The number of rotatable bonds is 6. The fourth-order valence-corrected chi connectivity index (χ4v) is 4.72. The highest BCUT2D eigenvalue weighted by atomic mass is 35.5. The van der Waals surface area contributed by atoms with E-state index in [9.17, 15) is 4.79 Å². The van der Waals surface area contributed by atoms with E-state index in [-0.39, 0.29) is 27.1 Å². The fourth-order valence-electron chi connectivity index (χ4n) is 4.02. The molecule has 0 amide bonds. The SMILES string of the molecule is COc1cc(OC)c(Cl)c(-c2cc3cnc(Nc4ccc(-c5nnnn5C)cc4N)nc3n(C)c2=O)c1Cl. The van der Waals surface area contributed by atoms with Crippen LogP contribution < -0.4 is 26.1 Å². The Kier molecular flexibility index (Phi) is 6.51. The number of tetrazole rings is 1. The summed E-state index contributed by atoms with van der Waals surface area (Å²) < 4.78 is 13.6. The van der Waals surface area contributed by atoms with Crippen molar-refractivity contribution >= 4 is 51.6 Å². The highest BCUT2D eigenvalue weighted by molar-refractivity contribution is 6.41. The molecular formula is C24H21Cl2N9O3. The molecule has 38 heavy (non-hydrogen) atoms. The van der Waals surface area contributed by atoms with Crippen LogP contribution >= 0.6 is 23.2 Å².